The van der Waals surface area contributed by atoms with Gasteiger partial charge >= 0.3 is 5.97 Å². The Balaban J connectivity index is 1.79. The Bertz CT molecular complexity index is 1420. The zero-order chi connectivity index (χ0) is 27.2. The van der Waals surface area contributed by atoms with Crippen molar-refractivity contribution in [2.75, 3.05) is 0 Å². The number of carbonyl (C=O) groups is 2. The molecule has 6 heteroatoms. The van der Waals surface area contributed by atoms with Crippen LogP contribution in [-0.2, 0) is 27.3 Å². The quantitative estimate of drug-likeness (QED) is 0.227. The minimum atomic E-state index is -1.62. The lowest BCUT2D eigenvalue weighted by molar-refractivity contribution is -0.171. The van der Waals surface area contributed by atoms with Crippen molar-refractivity contribution in [3.05, 3.63) is 81.4 Å². The van der Waals surface area contributed by atoms with Gasteiger partial charge in [0.15, 0.2) is 5.75 Å². The number of hydrogen-bond acceptors (Lipinski definition) is 5. The normalized spacial score (nSPS) is 18.8. The molecule has 198 valence electrons. The van der Waals surface area contributed by atoms with Crippen LogP contribution in [0.3, 0.4) is 0 Å². The summed E-state index contributed by atoms with van der Waals surface area (Å²) in [6.45, 7) is 9.74. The second kappa shape index (κ2) is 9.77. The van der Waals surface area contributed by atoms with E-state index in [0.29, 0.717) is 34.1 Å². The fourth-order valence-corrected chi connectivity index (χ4v) is 5.67. The monoisotopic (exact) mass is 532 g/mol. The molecule has 5 rings (SSSR count). The molecule has 3 aromatic carbocycles. The van der Waals surface area contributed by atoms with E-state index in [-0.39, 0.29) is 12.2 Å². The number of hydrogen-bond donors (Lipinski definition) is 0. The maximum absolute atomic E-state index is 13.9. The number of rotatable bonds is 7. The van der Waals surface area contributed by atoms with E-state index in [2.05, 4.69) is 25.1 Å². The molecule has 0 spiro atoms. The Morgan fingerprint density at radius 3 is 2.37 bits per heavy atom. The second-order valence-corrected chi connectivity index (χ2v) is 11.3. The van der Waals surface area contributed by atoms with E-state index >= 15 is 0 Å². The van der Waals surface area contributed by atoms with Gasteiger partial charge in [-0.25, -0.2) is 4.79 Å². The van der Waals surface area contributed by atoms with Crippen molar-refractivity contribution in [2.24, 2.45) is 0 Å². The van der Waals surface area contributed by atoms with Gasteiger partial charge in [0.1, 0.15) is 22.7 Å². The molecule has 0 fully saturated rings. The molecule has 5 nitrogen and oxygen atoms in total. The Labute approximate surface area is 229 Å². The smallest absolute Gasteiger partial charge is 0.345 e. The van der Waals surface area contributed by atoms with Crippen LogP contribution in [0, 0.1) is 6.92 Å². The third kappa shape index (κ3) is 4.58. The summed E-state index contributed by atoms with van der Waals surface area (Å²) in [4.78, 5) is 26.4. The van der Waals surface area contributed by atoms with Crippen LogP contribution in [0.15, 0.2) is 48.5 Å². The molecule has 0 aromatic heterocycles. The Hall–Kier alpha value is -3.31. The molecule has 0 bridgehead atoms. The lowest BCUT2D eigenvalue weighted by Crippen LogP contribution is -2.44. The van der Waals surface area contributed by atoms with Crippen molar-refractivity contribution in [1.82, 2.24) is 0 Å². The van der Waals surface area contributed by atoms with E-state index in [4.69, 9.17) is 25.8 Å². The predicted molar refractivity (Wildman–Crippen MR) is 148 cm³/mol. The molecule has 1 unspecified atom stereocenters. The third-order valence-corrected chi connectivity index (χ3v) is 7.58. The number of unbranched alkanes of at least 4 members (excludes halogenated alkanes) is 2. The molecular weight excluding hydrogens is 500 g/mol. The number of fused-ring (bicyclic) bond motifs is 5. The summed E-state index contributed by atoms with van der Waals surface area (Å²) in [5, 5.41) is 0.532. The summed E-state index contributed by atoms with van der Waals surface area (Å²) in [5.41, 5.74) is 4.96. The third-order valence-electron chi connectivity index (χ3n) is 7.33. The van der Waals surface area contributed by atoms with Crippen LogP contribution in [0.1, 0.15) is 86.0 Å². The van der Waals surface area contributed by atoms with Crippen LogP contribution in [0.2, 0.25) is 5.02 Å². The number of ether oxygens (including phenoxy) is 3. The minimum Gasteiger partial charge on any atom is -0.482 e. The van der Waals surface area contributed by atoms with E-state index in [0.717, 1.165) is 47.1 Å². The Morgan fingerprint density at radius 1 is 0.947 bits per heavy atom. The van der Waals surface area contributed by atoms with Gasteiger partial charge in [-0.15, -0.1) is 0 Å². The van der Waals surface area contributed by atoms with E-state index in [1.54, 1.807) is 24.3 Å². The summed E-state index contributed by atoms with van der Waals surface area (Å²) in [6.07, 6.45) is 3.57. The highest BCUT2D eigenvalue weighted by Crippen LogP contribution is 2.55. The molecule has 0 radical (unpaired) electrons. The number of cyclic esters (lactones) is 1. The maximum atomic E-state index is 13.9. The summed E-state index contributed by atoms with van der Waals surface area (Å²) in [7, 11) is 0. The molecule has 2 aliphatic heterocycles. The van der Waals surface area contributed by atoms with Crippen molar-refractivity contribution in [2.45, 2.75) is 78.1 Å². The molecule has 1 atom stereocenters. The maximum Gasteiger partial charge on any atom is 0.345 e. The molecule has 0 aliphatic carbocycles. The fraction of sp³-hybridized carbons (Fsp3) is 0.375. The summed E-state index contributed by atoms with van der Waals surface area (Å²) < 4.78 is 19.4. The number of halogens is 1. The van der Waals surface area contributed by atoms with Crippen LogP contribution in [0.25, 0.3) is 11.1 Å². The lowest BCUT2D eigenvalue weighted by Gasteiger charge is -2.42. The fourth-order valence-electron chi connectivity index (χ4n) is 5.54. The molecule has 38 heavy (non-hydrogen) atoms. The van der Waals surface area contributed by atoms with E-state index in [1.807, 2.05) is 26.8 Å². The van der Waals surface area contributed by atoms with Crippen LogP contribution in [-0.4, -0.2) is 11.8 Å². The SMILES string of the molecule is CCCCCc1cc2c(c3c1C(=O)OC(CC(C)=O)(c1ccc(Cl)cc1)O3)-c1cc(C)ccc1C(C)(C)O2. The first kappa shape index (κ1) is 26.3. The van der Waals surface area contributed by atoms with Crippen molar-refractivity contribution in [1.29, 1.82) is 0 Å². The number of benzene rings is 3. The first-order valence-electron chi connectivity index (χ1n) is 13.2. The largest absolute Gasteiger partial charge is 0.482 e. The van der Waals surface area contributed by atoms with Crippen molar-refractivity contribution >= 4 is 23.4 Å². The number of aryl methyl sites for hydroxylation is 2. The van der Waals surface area contributed by atoms with Crippen molar-refractivity contribution < 1.29 is 23.8 Å². The van der Waals surface area contributed by atoms with Gasteiger partial charge in [-0.2, -0.15) is 0 Å². The number of Topliss-reactive ketones (excluding diaryl/α,β-unsaturated/α-hetero) is 1. The Morgan fingerprint density at radius 2 is 1.68 bits per heavy atom. The number of esters is 1. The van der Waals surface area contributed by atoms with Gasteiger partial charge in [0.25, 0.3) is 5.79 Å². The van der Waals surface area contributed by atoms with E-state index in [1.165, 1.54) is 6.92 Å². The molecule has 2 aliphatic rings. The standard InChI is InChI=1S/C32H33ClO5/c1-6-7-8-9-21-17-26-28(24-16-19(2)10-15-25(24)31(4,5)36-26)29-27(21)30(35)38-32(37-29,18-20(3)34)22-11-13-23(33)14-12-22/h10-17H,6-9,18H2,1-5H3. The highest BCUT2D eigenvalue weighted by molar-refractivity contribution is 6.30. The second-order valence-electron chi connectivity index (χ2n) is 10.9. The molecule has 0 amide bonds. The number of ketones is 1. The highest BCUT2D eigenvalue weighted by atomic mass is 35.5. The molecule has 0 N–H and O–H groups in total. The highest BCUT2D eigenvalue weighted by Gasteiger charge is 2.49. The molecule has 2 heterocycles. The lowest BCUT2D eigenvalue weighted by atomic mass is 9.82. The molecule has 0 saturated carbocycles. The average Bonchev–Trinajstić information content (AvgIpc) is 2.83. The zero-order valence-electron chi connectivity index (χ0n) is 22.6. The van der Waals surface area contributed by atoms with Gasteiger partial charge in [0.05, 0.1) is 12.0 Å². The first-order valence-corrected chi connectivity index (χ1v) is 13.6. The molecule has 3 aromatic rings. The first-order chi connectivity index (χ1) is 18.0. The summed E-state index contributed by atoms with van der Waals surface area (Å²) in [5.74, 6) is -1.22. The minimum absolute atomic E-state index is 0.137. The van der Waals surface area contributed by atoms with Gasteiger partial charge in [-0.1, -0.05) is 55.1 Å². The van der Waals surface area contributed by atoms with Crippen LogP contribution < -0.4 is 9.47 Å². The van der Waals surface area contributed by atoms with E-state index < -0.39 is 17.4 Å². The van der Waals surface area contributed by atoms with Crippen molar-refractivity contribution in [3.63, 3.8) is 0 Å². The van der Waals surface area contributed by atoms with Gasteiger partial charge < -0.3 is 14.2 Å². The topological polar surface area (TPSA) is 61.8 Å². The average molecular weight is 533 g/mol. The van der Waals surface area contributed by atoms with Crippen LogP contribution in [0.5, 0.6) is 11.5 Å². The van der Waals surface area contributed by atoms with Crippen molar-refractivity contribution in [3.8, 4) is 22.6 Å². The zero-order valence-corrected chi connectivity index (χ0v) is 23.3. The predicted octanol–water partition coefficient (Wildman–Crippen LogP) is 8.06. The van der Waals surface area contributed by atoms with E-state index in [9.17, 15) is 9.59 Å². The summed E-state index contributed by atoms with van der Waals surface area (Å²) >= 11 is 6.15. The number of carbonyl (C=O) groups excluding carboxylic acids is 2. The van der Waals surface area contributed by atoms with Gasteiger partial charge in [-0.05, 0) is 82.0 Å². The van der Waals surface area contributed by atoms with Gasteiger partial charge in [0, 0.05) is 16.1 Å². The van der Waals surface area contributed by atoms with Gasteiger partial charge in [0.2, 0.25) is 0 Å². The molecule has 0 saturated heterocycles. The Kier molecular flexibility index (Phi) is 6.77. The summed E-state index contributed by atoms with van der Waals surface area (Å²) in [6, 6.07) is 15.1. The van der Waals surface area contributed by atoms with Gasteiger partial charge in [-0.3, -0.25) is 4.79 Å². The molecular formula is C32H33ClO5. The van der Waals surface area contributed by atoms with Crippen LogP contribution in [0.4, 0.5) is 0 Å². The van der Waals surface area contributed by atoms with Crippen LogP contribution >= 0.6 is 11.6 Å².